The number of methoxy groups -OCH3 is 2. The van der Waals surface area contributed by atoms with Crippen LogP contribution >= 0.6 is 0 Å². The van der Waals surface area contributed by atoms with Crippen molar-refractivity contribution in [2.75, 3.05) is 32.3 Å². The minimum Gasteiger partial charge on any atom is -0.493 e. The SMILES string of the molecule is C#CCS(=O)(=O)CCCOc1c(OC)cccc1OC. The van der Waals surface area contributed by atoms with Crippen molar-refractivity contribution in [3.8, 4) is 29.6 Å². The van der Waals surface area contributed by atoms with Gasteiger partial charge in [-0.2, -0.15) is 0 Å². The summed E-state index contributed by atoms with van der Waals surface area (Å²) in [6.45, 7) is 0.237. The Bertz CT molecular complexity index is 549. The Morgan fingerprint density at radius 3 is 2.30 bits per heavy atom. The second-order valence-electron chi connectivity index (χ2n) is 3.99. The summed E-state index contributed by atoms with van der Waals surface area (Å²) in [6, 6.07) is 5.27. The van der Waals surface area contributed by atoms with Gasteiger partial charge in [-0.15, -0.1) is 6.42 Å². The number of hydrogen-bond donors (Lipinski definition) is 0. The summed E-state index contributed by atoms with van der Waals surface area (Å²) in [6.07, 6.45) is 5.34. The van der Waals surface area contributed by atoms with Crippen LogP contribution < -0.4 is 14.2 Å². The number of ether oxygens (including phenoxy) is 3. The van der Waals surface area contributed by atoms with Crippen LogP contribution in [-0.4, -0.2) is 40.7 Å². The van der Waals surface area contributed by atoms with Gasteiger partial charge >= 0.3 is 0 Å². The third-order valence-electron chi connectivity index (χ3n) is 2.53. The molecule has 110 valence electrons. The molecule has 6 heteroatoms. The Labute approximate surface area is 119 Å². The fraction of sp³-hybridized carbons (Fsp3) is 0.429. The van der Waals surface area contributed by atoms with Gasteiger partial charge in [0.2, 0.25) is 5.75 Å². The highest BCUT2D eigenvalue weighted by atomic mass is 32.2. The molecule has 0 atom stereocenters. The van der Waals surface area contributed by atoms with E-state index in [-0.39, 0.29) is 18.1 Å². The van der Waals surface area contributed by atoms with E-state index in [4.69, 9.17) is 20.6 Å². The van der Waals surface area contributed by atoms with E-state index >= 15 is 0 Å². The van der Waals surface area contributed by atoms with E-state index in [1.807, 2.05) is 0 Å². The van der Waals surface area contributed by atoms with Crippen molar-refractivity contribution >= 4 is 9.84 Å². The van der Waals surface area contributed by atoms with E-state index in [1.165, 1.54) is 14.2 Å². The maximum atomic E-state index is 11.4. The van der Waals surface area contributed by atoms with Crippen LogP contribution in [0.25, 0.3) is 0 Å². The topological polar surface area (TPSA) is 61.8 Å². The van der Waals surface area contributed by atoms with Crippen molar-refractivity contribution in [1.82, 2.24) is 0 Å². The molecule has 1 aromatic carbocycles. The Morgan fingerprint density at radius 2 is 1.80 bits per heavy atom. The van der Waals surface area contributed by atoms with Crippen molar-refractivity contribution in [1.29, 1.82) is 0 Å². The van der Waals surface area contributed by atoms with Crippen LogP contribution in [0.2, 0.25) is 0 Å². The first kappa shape index (κ1) is 16.2. The Hall–Kier alpha value is -1.87. The van der Waals surface area contributed by atoms with Crippen LogP contribution in [-0.2, 0) is 9.84 Å². The molecule has 0 unspecified atom stereocenters. The number of sulfone groups is 1. The lowest BCUT2D eigenvalue weighted by Gasteiger charge is -2.13. The molecule has 0 saturated heterocycles. The van der Waals surface area contributed by atoms with Gasteiger partial charge in [-0.1, -0.05) is 12.0 Å². The molecule has 0 aliphatic heterocycles. The molecule has 1 aromatic rings. The normalized spacial score (nSPS) is 10.7. The summed E-state index contributed by atoms with van der Waals surface area (Å²) in [5.74, 6) is 3.42. The van der Waals surface area contributed by atoms with Crippen LogP contribution in [0.5, 0.6) is 17.2 Å². The molecule has 0 spiro atoms. The smallest absolute Gasteiger partial charge is 0.203 e. The summed E-state index contributed by atoms with van der Waals surface area (Å²) < 4.78 is 38.8. The number of terminal acetylenes is 1. The summed E-state index contributed by atoms with van der Waals surface area (Å²) in [4.78, 5) is 0. The second kappa shape index (κ2) is 7.65. The zero-order valence-electron chi connectivity index (χ0n) is 11.6. The van der Waals surface area contributed by atoms with E-state index in [0.29, 0.717) is 23.7 Å². The van der Waals surface area contributed by atoms with Gasteiger partial charge in [-0.25, -0.2) is 8.42 Å². The molecular formula is C14H18O5S. The summed E-state index contributed by atoms with van der Waals surface area (Å²) in [5.41, 5.74) is 0. The molecular weight excluding hydrogens is 280 g/mol. The molecule has 0 amide bonds. The van der Waals surface area contributed by atoms with E-state index < -0.39 is 9.84 Å². The van der Waals surface area contributed by atoms with Crippen LogP contribution in [0.15, 0.2) is 18.2 Å². The van der Waals surface area contributed by atoms with Crippen molar-refractivity contribution in [3.63, 3.8) is 0 Å². The molecule has 20 heavy (non-hydrogen) atoms. The third-order valence-corrected chi connectivity index (χ3v) is 4.05. The van der Waals surface area contributed by atoms with Crippen LogP contribution in [0.3, 0.4) is 0 Å². The molecule has 0 fully saturated rings. The molecule has 0 heterocycles. The summed E-state index contributed by atoms with van der Waals surface area (Å²) in [7, 11) is -0.142. The average molecular weight is 298 g/mol. The molecule has 1 rings (SSSR count). The Morgan fingerprint density at radius 1 is 1.20 bits per heavy atom. The first-order valence-corrected chi connectivity index (χ1v) is 7.84. The molecule has 0 aromatic heterocycles. The monoisotopic (exact) mass is 298 g/mol. The van der Waals surface area contributed by atoms with E-state index in [0.717, 1.165) is 0 Å². The minimum absolute atomic E-state index is 0.00529. The number of rotatable bonds is 8. The first-order chi connectivity index (χ1) is 9.54. The number of benzene rings is 1. The highest BCUT2D eigenvalue weighted by molar-refractivity contribution is 7.91. The lowest BCUT2D eigenvalue weighted by Crippen LogP contribution is -2.13. The molecule has 0 saturated carbocycles. The maximum Gasteiger partial charge on any atom is 0.203 e. The summed E-state index contributed by atoms with van der Waals surface area (Å²) in [5, 5.41) is 0. The van der Waals surface area contributed by atoms with Gasteiger partial charge in [-0.05, 0) is 18.6 Å². The third kappa shape index (κ3) is 4.67. The van der Waals surface area contributed by atoms with Crippen molar-refractivity contribution < 1.29 is 22.6 Å². The molecule has 0 N–H and O–H groups in total. The van der Waals surface area contributed by atoms with Crippen LogP contribution in [0, 0.1) is 12.3 Å². The van der Waals surface area contributed by atoms with Crippen molar-refractivity contribution in [2.24, 2.45) is 0 Å². The lowest BCUT2D eigenvalue weighted by atomic mass is 10.3. The zero-order chi connectivity index (χ0) is 15.0. The lowest BCUT2D eigenvalue weighted by molar-refractivity contribution is 0.275. The standard InChI is InChI=1S/C14H18O5S/c1-4-10-20(15,16)11-6-9-19-14-12(17-2)7-5-8-13(14)18-3/h1,5,7-8H,6,9-11H2,2-3H3. The molecule has 0 aliphatic carbocycles. The van der Waals surface area contributed by atoms with E-state index in [2.05, 4.69) is 5.92 Å². The van der Waals surface area contributed by atoms with Gasteiger partial charge in [0.25, 0.3) is 0 Å². The van der Waals surface area contributed by atoms with Gasteiger partial charge in [0.15, 0.2) is 21.3 Å². The van der Waals surface area contributed by atoms with Gasteiger partial charge in [-0.3, -0.25) is 0 Å². The van der Waals surface area contributed by atoms with E-state index in [1.54, 1.807) is 18.2 Å². The largest absolute Gasteiger partial charge is 0.493 e. The zero-order valence-corrected chi connectivity index (χ0v) is 12.4. The number of para-hydroxylation sites is 1. The molecule has 0 bridgehead atoms. The predicted octanol–water partition coefficient (Wildman–Crippen LogP) is 1.52. The number of hydrogen-bond acceptors (Lipinski definition) is 5. The highest BCUT2D eigenvalue weighted by Gasteiger charge is 2.12. The van der Waals surface area contributed by atoms with Crippen LogP contribution in [0.1, 0.15) is 6.42 Å². The quantitative estimate of drug-likeness (QED) is 0.538. The highest BCUT2D eigenvalue weighted by Crippen LogP contribution is 2.36. The Kier molecular flexibility index (Phi) is 6.19. The minimum atomic E-state index is -3.20. The molecule has 0 aliphatic rings. The van der Waals surface area contributed by atoms with Gasteiger partial charge in [0.1, 0.15) is 5.75 Å². The van der Waals surface area contributed by atoms with Crippen molar-refractivity contribution in [3.05, 3.63) is 18.2 Å². The fourth-order valence-corrected chi connectivity index (χ4v) is 2.57. The van der Waals surface area contributed by atoms with Crippen LogP contribution in [0.4, 0.5) is 0 Å². The summed E-state index contributed by atoms with van der Waals surface area (Å²) >= 11 is 0. The maximum absolute atomic E-state index is 11.4. The fourth-order valence-electron chi connectivity index (χ4n) is 1.61. The van der Waals surface area contributed by atoms with Crippen molar-refractivity contribution in [2.45, 2.75) is 6.42 Å². The Balaban J connectivity index is 2.61. The molecule has 0 radical (unpaired) electrons. The average Bonchev–Trinajstić information content (AvgIpc) is 2.43. The van der Waals surface area contributed by atoms with Gasteiger partial charge < -0.3 is 14.2 Å². The van der Waals surface area contributed by atoms with Gasteiger partial charge in [0, 0.05) is 0 Å². The first-order valence-electron chi connectivity index (χ1n) is 6.01. The predicted molar refractivity (Wildman–Crippen MR) is 77.1 cm³/mol. The van der Waals surface area contributed by atoms with Gasteiger partial charge in [0.05, 0.1) is 26.6 Å². The second-order valence-corrected chi connectivity index (χ2v) is 6.17. The molecule has 5 nitrogen and oxygen atoms in total. The van der Waals surface area contributed by atoms with E-state index in [9.17, 15) is 8.42 Å².